The van der Waals surface area contributed by atoms with Gasteiger partial charge in [0.15, 0.2) is 17.7 Å². The van der Waals surface area contributed by atoms with Gasteiger partial charge in [-0.25, -0.2) is 15.0 Å². The number of anilines is 1. The smallest absolute Gasteiger partial charge is 0.167 e. The van der Waals surface area contributed by atoms with Gasteiger partial charge in [0.05, 0.1) is 12.4 Å². The number of nitrogen functional groups attached to an aromatic ring is 1. The second kappa shape index (κ2) is 3.87. The van der Waals surface area contributed by atoms with Crippen LogP contribution in [0.15, 0.2) is 12.7 Å². The van der Waals surface area contributed by atoms with Gasteiger partial charge in [-0.1, -0.05) is 0 Å². The summed E-state index contributed by atoms with van der Waals surface area (Å²) < 4.78 is 7.05. The molecule has 3 heterocycles. The van der Waals surface area contributed by atoms with Gasteiger partial charge in [-0.05, 0) is 6.92 Å². The Balaban J connectivity index is 2.08. The van der Waals surface area contributed by atoms with Crippen LogP contribution >= 0.6 is 0 Å². The number of imidazole rings is 1. The Bertz CT molecular complexity index is 586. The van der Waals surface area contributed by atoms with Crippen LogP contribution in [-0.4, -0.2) is 48.0 Å². The van der Waals surface area contributed by atoms with Crippen LogP contribution in [0.25, 0.3) is 11.2 Å². The highest BCUT2D eigenvalue weighted by Gasteiger charge is 2.41. The summed E-state index contributed by atoms with van der Waals surface area (Å²) >= 11 is 0. The Kier molecular flexibility index (Phi) is 2.44. The third-order valence-corrected chi connectivity index (χ3v) is 3.14. The van der Waals surface area contributed by atoms with Crippen molar-refractivity contribution in [3.05, 3.63) is 12.7 Å². The van der Waals surface area contributed by atoms with Crippen molar-refractivity contribution in [1.82, 2.24) is 19.5 Å². The normalized spacial score (nSPS) is 32.2. The maximum absolute atomic E-state index is 9.93. The van der Waals surface area contributed by atoms with Crippen LogP contribution in [0.4, 0.5) is 5.82 Å². The van der Waals surface area contributed by atoms with Gasteiger partial charge in [0, 0.05) is 0 Å². The first-order chi connectivity index (χ1) is 8.59. The van der Waals surface area contributed by atoms with Crippen LogP contribution in [0.5, 0.6) is 0 Å². The molecule has 1 saturated heterocycles. The van der Waals surface area contributed by atoms with E-state index in [2.05, 4.69) is 15.0 Å². The molecule has 0 saturated carbocycles. The number of hydrogen-bond acceptors (Lipinski definition) is 7. The summed E-state index contributed by atoms with van der Waals surface area (Å²) in [5.41, 5.74) is 6.59. The number of nitrogens with two attached hydrogens (primary N) is 1. The Morgan fingerprint density at radius 1 is 1.28 bits per heavy atom. The number of fused-ring (bicyclic) bond motifs is 1. The molecule has 0 spiro atoms. The Morgan fingerprint density at radius 2 is 2.06 bits per heavy atom. The molecule has 0 radical (unpaired) electrons. The molecule has 2 aromatic rings. The predicted octanol–water partition coefficient (Wildman–Crippen LogP) is -0.952. The molecule has 1 aliphatic rings. The molecule has 0 unspecified atom stereocenters. The molecular weight excluding hydrogens is 238 g/mol. The van der Waals surface area contributed by atoms with E-state index >= 15 is 0 Å². The first-order valence-corrected chi connectivity index (χ1v) is 5.54. The summed E-state index contributed by atoms with van der Waals surface area (Å²) in [6.07, 6.45) is -0.373. The second-order valence-corrected chi connectivity index (χ2v) is 4.30. The van der Waals surface area contributed by atoms with Gasteiger partial charge in [0.25, 0.3) is 0 Å². The van der Waals surface area contributed by atoms with E-state index in [1.165, 1.54) is 12.7 Å². The van der Waals surface area contributed by atoms with Crippen molar-refractivity contribution in [3.8, 4) is 0 Å². The van der Waals surface area contributed by atoms with E-state index in [1.807, 2.05) is 0 Å². The van der Waals surface area contributed by atoms with Crippen molar-refractivity contribution < 1.29 is 14.9 Å². The third kappa shape index (κ3) is 1.47. The van der Waals surface area contributed by atoms with E-state index in [0.717, 1.165) is 0 Å². The molecule has 3 rings (SSSR count). The molecule has 18 heavy (non-hydrogen) atoms. The summed E-state index contributed by atoms with van der Waals surface area (Å²) in [4.78, 5) is 12.0. The maximum Gasteiger partial charge on any atom is 0.167 e. The zero-order valence-electron chi connectivity index (χ0n) is 9.63. The Morgan fingerprint density at radius 3 is 2.72 bits per heavy atom. The SMILES string of the molecule is C[C@@H]1O[C@H](n2cnc3c(N)ncnc32)[C@H](O)[C@@H]1O. The zero-order chi connectivity index (χ0) is 12.9. The monoisotopic (exact) mass is 251 g/mol. The first kappa shape index (κ1) is 11.3. The molecule has 4 atom stereocenters. The lowest BCUT2D eigenvalue weighted by Gasteiger charge is -2.16. The summed E-state index contributed by atoms with van der Waals surface area (Å²) in [5, 5.41) is 19.6. The lowest BCUT2D eigenvalue weighted by molar-refractivity contribution is -0.0299. The van der Waals surface area contributed by atoms with Gasteiger partial charge in [0.2, 0.25) is 0 Å². The number of aromatic nitrogens is 4. The van der Waals surface area contributed by atoms with Gasteiger partial charge >= 0.3 is 0 Å². The fourth-order valence-electron chi connectivity index (χ4n) is 2.11. The predicted molar refractivity (Wildman–Crippen MR) is 61.3 cm³/mol. The zero-order valence-corrected chi connectivity index (χ0v) is 9.63. The lowest BCUT2D eigenvalue weighted by Crippen LogP contribution is -2.30. The van der Waals surface area contributed by atoms with E-state index < -0.39 is 24.5 Å². The van der Waals surface area contributed by atoms with E-state index in [-0.39, 0.29) is 5.82 Å². The van der Waals surface area contributed by atoms with Crippen molar-refractivity contribution in [3.63, 3.8) is 0 Å². The highest BCUT2D eigenvalue weighted by molar-refractivity contribution is 5.81. The minimum atomic E-state index is -1.03. The van der Waals surface area contributed by atoms with Crippen LogP contribution in [0.3, 0.4) is 0 Å². The van der Waals surface area contributed by atoms with Crippen molar-refractivity contribution in [2.45, 2.75) is 31.5 Å². The minimum absolute atomic E-state index is 0.264. The topological polar surface area (TPSA) is 119 Å². The van der Waals surface area contributed by atoms with Crippen LogP contribution in [0.1, 0.15) is 13.2 Å². The van der Waals surface area contributed by atoms with Crippen LogP contribution in [-0.2, 0) is 4.74 Å². The number of ether oxygens (including phenoxy) is 1. The fraction of sp³-hybridized carbons (Fsp3) is 0.500. The van der Waals surface area contributed by atoms with Crippen molar-refractivity contribution in [2.75, 3.05) is 5.73 Å². The van der Waals surface area contributed by atoms with Crippen LogP contribution in [0, 0.1) is 0 Å². The molecule has 0 amide bonds. The number of nitrogens with zero attached hydrogens (tertiary/aromatic N) is 4. The largest absolute Gasteiger partial charge is 0.388 e. The number of hydrogen-bond donors (Lipinski definition) is 3. The van der Waals surface area contributed by atoms with E-state index in [9.17, 15) is 10.2 Å². The molecule has 4 N–H and O–H groups in total. The molecular formula is C10H13N5O3. The maximum atomic E-state index is 9.93. The van der Waals surface area contributed by atoms with Gasteiger partial charge in [-0.3, -0.25) is 4.57 Å². The number of aliphatic hydroxyl groups is 2. The molecule has 1 fully saturated rings. The average molecular weight is 251 g/mol. The Hall–Kier alpha value is -1.77. The molecule has 0 aromatic carbocycles. The van der Waals surface area contributed by atoms with Gasteiger partial charge in [-0.15, -0.1) is 0 Å². The summed E-state index contributed by atoms with van der Waals surface area (Å²) in [7, 11) is 0. The minimum Gasteiger partial charge on any atom is -0.388 e. The van der Waals surface area contributed by atoms with Gasteiger partial charge in [0.1, 0.15) is 24.1 Å². The molecule has 0 aliphatic carbocycles. The van der Waals surface area contributed by atoms with Crippen molar-refractivity contribution >= 4 is 17.0 Å². The number of rotatable bonds is 1. The second-order valence-electron chi connectivity index (χ2n) is 4.30. The molecule has 8 nitrogen and oxygen atoms in total. The molecule has 1 aliphatic heterocycles. The van der Waals surface area contributed by atoms with E-state index in [1.54, 1.807) is 11.5 Å². The van der Waals surface area contributed by atoms with E-state index in [0.29, 0.717) is 11.2 Å². The summed E-state index contributed by atoms with van der Waals surface area (Å²) in [5.74, 6) is 0.264. The van der Waals surface area contributed by atoms with Gasteiger partial charge < -0.3 is 20.7 Å². The number of aliphatic hydroxyl groups excluding tert-OH is 2. The van der Waals surface area contributed by atoms with Crippen molar-refractivity contribution in [2.24, 2.45) is 0 Å². The Labute approximate surface area is 102 Å². The standard InChI is InChI=1S/C10H13N5O3/c1-4-6(16)7(17)10(18-4)15-3-14-5-8(11)12-2-13-9(5)15/h2-4,6-7,10,16-17H,1H3,(H2,11,12,13)/t4-,6+,7+,10-/m0/s1. The fourth-order valence-corrected chi connectivity index (χ4v) is 2.11. The van der Waals surface area contributed by atoms with Crippen LogP contribution < -0.4 is 5.73 Å². The summed E-state index contributed by atoms with van der Waals surface area (Å²) in [6, 6.07) is 0. The average Bonchev–Trinajstić information content (AvgIpc) is 2.88. The molecule has 96 valence electrons. The molecule has 0 bridgehead atoms. The van der Waals surface area contributed by atoms with Crippen molar-refractivity contribution in [1.29, 1.82) is 0 Å². The summed E-state index contributed by atoms with van der Waals surface area (Å²) in [6.45, 7) is 1.69. The lowest BCUT2D eigenvalue weighted by atomic mass is 10.1. The highest BCUT2D eigenvalue weighted by atomic mass is 16.6. The molecule has 8 heteroatoms. The highest BCUT2D eigenvalue weighted by Crippen LogP contribution is 2.31. The van der Waals surface area contributed by atoms with Gasteiger partial charge in [-0.2, -0.15) is 0 Å². The van der Waals surface area contributed by atoms with E-state index in [4.69, 9.17) is 10.5 Å². The van der Waals surface area contributed by atoms with Crippen LogP contribution in [0.2, 0.25) is 0 Å². The molecule has 2 aromatic heterocycles. The first-order valence-electron chi connectivity index (χ1n) is 5.54. The third-order valence-electron chi connectivity index (χ3n) is 3.14. The quantitative estimate of drug-likeness (QED) is 0.597.